The number of aryl methyl sites for hydroxylation is 3. The van der Waals surface area contributed by atoms with Crippen LogP contribution in [0, 0.1) is 0 Å². The quantitative estimate of drug-likeness (QED) is 0.939. The molecule has 1 unspecified atom stereocenters. The third kappa shape index (κ3) is 2.68. The zero-order valence-electron chi connectivity index (χ0n) is 12.8. The molecule has 4 nitrogen and oxygen atoms in total. The molecule has 1 atom stereocenters. The van der Waals surface area contributed by atoms with Gasteiger partial charge in [0.1, 0.15) is 5.75 Å². The summed E-state index contributed by atoms with van der Waals surface area (Å²) in [6.07, 6.45) is 7.03. The largest absolute Gasteiger partial charge is 0.497 e. The number of rotatable bonds is 4. The number of nitrogens with zero attached hydrogens (tertiary/aromatic N) is 2. The number of benzene rings is 1. The molecule has 3 rings (SSSR count). The third-order valence-electron chi connectivity index (χ3n) is 4.67. The minimum Gasteiger partial charge on any atom is -0.497 e. The summed E-state index contributed by atoms with van der Waals surface area (Å²) in [6.45, 7) is 0. The minimum absolute atomic E-state index is 0.258. The van der Waals surface area contributed by atoms with E-state index in [-0.39, 0.29) is 5.54 Å². The first-order valence-electron chi connectivity index (χ1n) is 7.55. The van der Waals surface area contributed by atoms with Gasteiger partial charge in [0, 0.05) is 24.5 Å². The van der Waals surface area contributed by atoms with Crippen molar-refractivity contribution in [2.75, 3.05) is 7.11 Å². The summed E-state index contributed by atoms with van der Waals surface area (Å²) in [5.41, 5.74) is 10.4. The van der Waals surface area contributed by atoms with Gasteiger partial charge < -0.3 is 10.5 Å². The van der Waals surface area contributed by atoms with E-state index in [0.29, 0.717) is 0 Å². The molecule has 0 amide bonds. The van der Waals surface area contributed by atoms with Crippen LogP contribution in [0.5, 0.6) is 5.75 Å². The highest BCUT2D eigenvalue weighted by molar-refractivity contribution is 5.42. The Bertz CT molecular complexity index is 635. The lowest BCUT2D eigenvalue weighted by molar-refractivity contribution is 0.339. The van der Waals surface area contributed by atoms with Gasteiger partial charge in [0.2, 0.25) is 0 Å². The summed E-state index contributed by atoms with van der Waals surface area (Å²) in [6, 6.07) is 8.39. The fraction of sp³-hybridized carbons (Fsp3) is 0.471. The topological polar surface area (TPSA) is 53.1 Å². The van der Waals surface area contributed by atoms with E-state index in [9.17, 15) is 0 Å². The molecule has 1 heterocycles. The second kappa shape index (κ2) is 5.53. The Hall–Kier alpha value is -1.81. The number of methoxy groups -OCH3 is 1. The van der Waals surface area contributed by atoms with Gasteiger partial charge in [-0.25, -0.2) is 0 Å². The summed E-state index contributed by atoms with van der Waals surface area (Å²) in [5.74, 6) is 0.894. The maximum atomic E-state index is 6.78. The van der Waals surface area contributed by atoms with E-state index in [0.717, 1.165) is 37.9 Å². The van der Waals surface area contributed by atoms with Gasteiger partial charge >= 0.3 is 0 Å². The van der Waals surface area contributed by atoms with Gasteiger partial charge in [0.05, 0.1) is 7.11 Å². The van der Waals surface area contributed by atoms with Gasteiger partial charge in [-0.1, -0.05) is 6.07 Å². The van der Waals surface area contributed by atoms with Crippen LogP contribution in [-0.4, -0.2) is 16.9 Å². The predicted octanol–water partition coefficient (Wildman–Crippen LogP) is 2.55. The average molecular weight is 285 g/mol. The van der Waals surface area contributed by atoms with E-state index in [4.69, 9.17) is 10.5 Å². The minimum atomic E-state index is -0.258. The van der Waals surface area contributed by atoms with Gasteiger partial charge in [0.25, 0.3) is 0 Å². The number of hydrogen-bond donors (Lipinski definition) is 1. The summed E-state index contributed by atoms with van der Waals surface area (Å²) >= 11 is 0. The van der Waals surface area contributed by atoms with Gasteiger partial charge in [0.15, 0.2) is 0 Å². The Morgan fingerprint density at radius 2 is 2.24 bits per heavy atom. The van der Waals surface area contributed by atoms with Crippen molar-refractivity contribution in [3.63, 3.8) is 0 Å². The van der Waals surface area contributed by atoms with Gasteiger partial charge in [-0.2, -0.15) is 5.10 Å². The van der Waals surface area contributed by atoms with Gasteiger partial charge in [-0.3, -0.25) is 4.68 Å². The maximum absolute atomic E-state index is 6.78. The van der Waals surface area contributed by atoms with Crippen LogP contribution >= 0.6 is 0 Å². The van der Waals surface area contributed by atoms with Crippen LogP contribution in [0.2, 0.25) is 0 Å². The number of hydrogen-bond acceptors (Lipinski definition) is 3. The fourth-order valence-electron chi connectivity index (χ4n) is 3.35. The normalized spacial score (nSPS) is 21.1. The molecular formula is C17H23N3O. The monoisotopic (exact) mass is 285 g/mol. The van der Waals surface area contributed by atoms with Crippen molar-refractivity contribution >= 4 is 0 Å². The molecule has 4 heteroatoms. The average Bonchev–Trinajstić information content (AvgIpc) is 2.91. The van der Waals surface area contributed by atoms with E-state index in [2.05, 4.69) is 23.3 Å². The number of ether oxygens (including phenoxy) is 1. The molecule has 2 N–H and O–H groups in total. The molecule has 0 saturated carbocycles. The molecule has 0 bridgehead atoms. The lowest BCUT2D eigenvalue weighted by atomic mass is 9.74. The Kier molecular flexibility index (Phi) is 3.72. The van der Waals surface area contributed by atoms with Gasteiger partial charge in [-0.05, 0) is 61.4 Å². The number of aromatic nitrogens is 2. The highest BCUT2D eigenvalue weighted by atomic mass is 16.5. The molecular weight excluding hydrogens is 262 g/mol. The van der Waals surface area contributed by atoms with Crippen molar-refractivity contribution in [3.05, 3.63) is 47.3 Å². The fourth-order valence-corrected chi connectivity index (χ4v) is 3.35. The van der Waals surface area contributed by atoms with Crippen LogP contribution in [0.3, 0.4) is 0 Å². The first-order valence-corrected chi connectivity index (χ1v) is 7.55. The highest BCUT2D eigenvalue weighted by Crippen LogP contribution is 2.38. The molecule has 0 spiro atoms. The Balaban J connectivity index is 1.86. The molecule has 21 heavy (non-hydrogen) atoms. The predicted molar refractivity (Wildman–Crippen MR) is 83.3 cm³/mol. The van der Waals surface area contributed by atoms with E-state index >= 15 is 0 Å². The van der Waals surface area contributed by atoms with Gasteiger partial charge in [-0.15, -0.1) is 0 Å². The lowest BCUT2D eigenvalue weighted by Gasteiger charge is -2.36. The zero-order valence-corrected chi connectivity index (χ0v) is 12.8. The first-order chi connectivity index (χ1) is 10.1. The van der Waals surface area contributed by atoms with Crippen LogP contribution in [0.4, 0.5) is 0 Å². The summed E-state index contributed by atoms with van der Waals surface area (Å²) in [5, 5.41) is 4.23. The van der Waals surface area contributed by atoms with Crippen molar-refractivity contribution < 1.29 is 4.74 Å². The van der Waals surface area contributed by atoms with Crippen LogP contribution in [0.25, 0.3) is 0 Å². The van der Waals surface area contributed by atoms with Crippen molar-refractivity contribution in [2.24, 2.45) is 12.8 Å². The van der Waals surface area contributed by atoms with Crippen molar-refractivity contribution in [1.82, 2.24) is 9.78 Å². The Morgan fingerprint density at radius 1 is 1.38 bits per heavy atom. The molecule has 0 aliphatic heterocycles. The molecule has 0 saturated heterocycles. The second-order valence-corrected chi connectivity index (χ2v) is 5.98. The van der Waals surface area contributed by atoms with Crippen molar-refractivity contribution in [3.8, 4) is 5.75 Å². The van der Waals surface area contributed by atoms with Crippen molar-refractivity contribution in [2.45, 2.75) is 37.6 Å². The van der Waals surface area contributed by atoms with E-state index < -0.39 is 0 Å². The number of nitrogens with two attached hydrogens (primary N) is 1. The first kappa shape index (κ1) is 14.1. The van der Waals surface area contributed by atoms with Crippen molar-refractivity contribution in [1.29, 1.82) is 0 Å². The summed E-state index contributed by atoms with van der Waals surface area (Å²) in [7, 11) is 3.69. The molecule has 1 aromatic heterocycles. The molecule has 1 aromatic carbocycles. The summed E-state index contributed by atoms with van der Waals surface area (Å²) < 4.78 is 7.30. The smallest absolute Gasteiger partial charge is 0.119 e. The molecule has 0 fully saturated rings. The SMILES string of the molecule is COc1ccc2c(c1)C(N)(CCc1ccnn1C)CCC2. The second-order valence-electron chi connectivity index (χ2n) is 5.98. The molecule has 1 aliphatic rings. The zero-order chi connectivity index (χ0) is 14.9. The Morgan fingerprint density at radius 3 is 2.95 bits per heavy atom. The third-order valence-corrected chi connectivity index (χ3v) is 4.67. The molecule has 2 aromatic rings. The molecule has 0 radical (unpaired) electrons. The highest BCUT2D eigenvalue weighted by Gasteiger charge is 2.32. The Labute approximate surface area is 125 Å². The molecule has 112 valence electrons. The van der Waals surface area contributed by atoms with Crippen LogP contribution < -0.4 is 10.5 Å². The van der Waals surface area contributed by atoms with E-state index in [1.165, 1.54) is 16.8 Å². The molecule has 1 aliphatic carbocycles. The van der Waals surface area contributed by atoms with E-state index in [1.54, 1.807) is 7.11 Å². The van der Waals surface area contributed by atoms with Crippen LogP contribution in [0.1, 0.15) is 36.1 Å². The lowest BCUT2D eigenvalue weighted by Crippen LogP contribution is -2.40. The van der Waals surface area contributed by atoms with E-state index in [1.807, 2.05) is 24.0 Å². The maximum Gasteiger partial charge on any atom is 0.119 e. The van der Waals surface area contributed by atoms with Crippen LogP contribution in [-0.2, 0) is 25.4 Å². The summed E-state index contributed by atoms with van der Waals surface area (Å²) in [4.78, 5) is 0. The van der Waals surface area contributed by atoms with Crippen LogP contribution in [0.15, 0.2) is 30.5 Å². The standard InChI is InChI=1S/C17H23N3O/c1-20-14(8-11-19-20)7-10-17(18)9-3-4-13-5-6-15(21-2)12-16(13)17/h5-6,8,11-12H,3-4,7,9-10,18H2,1-2H3. The number of fused-ring (bicyclic) bond motifs is 1.